The minimum Gasteiger partial charge on any atom is -0.497 e. The maximum Gasteiger partial charge on any atom is 0.358 e. The summed E-state index contributed by atoms with van der Waals surface area (Å²) in [7, 11) is 2.72. The Balaban J connectivity index is 2.28. The van der Waals surface area contributed by atoms with Crippen molar-refractivity contribution in [3.63, 3.8) is 0 Å². The monoisotopic (exact) mass is 277 g/mol. The summed E-state index contributed by atoms with van der Waals surface area (Å²) in [6.45, 7) is 0. The Hall–Kier alpha value is -2.70. The first-order valence-electron chi connectivity index (χ1n) is 5.65. The molecule has 0 saturated carbocycles. The van der Waals surface area contributed by atoms with E-state index in [4.69, 9.17) is 4.74 Å². The van der Waals surface area contributed by atoms with E-state index in [1.807, 2.05) is 0 Å². The van der Waals surface area contributed by atoms with E-state index in [2.05, 4.69) is 20.0 Å². The highest BCUT2D eigenvalue weighted by Crippen LogP contribution is 2.23. The fourth-order valence-corrected chi connectivity index (χ4v) is 1.49. The van der Waals surface area contributed by atoms with Crippen molar-refractivity contribution in [3.05, 3.63) is 42.1 Å². The Kier molecular flexibility index (Phi) is 4.09. The zero-order valence-electron chi connectivity index (χ0n) is 10.9. The van der Waals surface area contributed by atoms with Gasteiger partial charge >= 0.3 is 5.97 Å². The van der Waals surface area contributed by atoms with E-state index in [0.717, 1.165) is 0 Å². The maximum atomic E-state index is 13.7. The first-order valence-corrected chi connectivity index (χ1v) is 5.65. The van der Waals surface area contributed by atoms with Crippen molar-refractivity contribution >= 4 is 17.5 Å². The number of ether oxygens (including phenoxy) is 2. The van der Waals surface area contributed by atoms with Crippen LogP contribution in [0.4, 0.5) is 15.9 Å². The lowest BCUT2D eigenvalue weighted by Gasteiger charge is -2.09. The molecule has 1 aromatic carbocycles. The molecule has 0 unspecified atom stereocenters. The molecule has 0 atom stereocenters. The second-order valence-corrected chi connectivity index (χ2v) is 3.75. The molecule has 0 saturated heterocycles. The molecule has 7 heteroatoms. The molecule has 1 heterocycles. The third kappa shape index (κ3) is 3.00. The van der Waals surface area contributed by atoms with Gasteiger partial charge in [-0.25, -0.2) is 14.2 Å². The van der Waals surface area contributed by atoms with E-state index in [-0.39, 0.29) is 17.2 Å². The van der Waals surface area contributed by atoms with Crippen molar-refractivity contribution in [1.29, 1.82) is 0 Å². The summed E-state index contributed by atoms with van der Waals surface area (Å²) in [5, 5.41) is 2.73. The Morgan fingerprint density at radius 2 is 2.10 bits per heavy atom. The van der Waals surface area contributed by atoms with Crippen LogP contribution < -0.4 is 10.1 Å². The second-order valence-electron chi connectivity index (χ2n) is 3.75. The molecule has 20 heavy (non-hydrogen) atoms. The number of anilines is 2. The van der Waals surface area contributed by atoms with Gasteiger partial charge in [0.15, 0.2) is 5.69 Å². The molecule has 0 aliphatic heterocycles. The number of halogens is 1. The van der Waals surface area contributed by atoms with Gasteiger partial charge in [0.25, 0.3) is 0 Å². The molecule has 104 valence electrons. The number of hydrogen-bond acceptors (Lipinski definition) is 6. The van der Waals surface area contributed by atoms with Crippen LogP contribution in [-0.4, -0.2) is 30.2 Å². The summed E-state index contributed by atoms with van der Waals surface area (Å²) in [5.74, 6) is -0.380. The molecule has 0 spiro atoms. The van der Waals surface area contributed by atoms with Crippen molar-refractivity contribution in [1.82, 2.24) is 9.97 Å². The molecule has 0 aliphatic carbocycles. The standard InChI is InChI=1S/C13H12FN3O3/c1-19-8-3-4-9(14)10(5-8)16-12-7-15-6-11(17-12)13(18)20-2/h3-7H,1-2H3,(H,16,17). The van der Waals surface area contributed by atoms with Crippen LogP contribution in [0.1, 0.15) is 10.5 Å². The van der Waals surface area contributed by atoms with Gasteiger partial charge in [-0.15, -0.1) is 0 Å². The number of rotatable bonds is 4. The van der Waals surface area contributed by atoms with Crippen LogP contribution in [0.2, 0.25) is 0 Å². The number of nitrogens with zero attached hydrogens (tertiary/aromatic N) is 2. The zero-order chi connectivity index (χ0) is 14.5. The number of aromatic nitrogens is 2. The van der Waals surface area contributed by atoms with Crippen molar-refractivity contribution in [3.8, 4) is 5.75 Å². The molecule has 2 aromatic rings. The molecule has 0 amide bonds. The lowest BCUT2D eigenvalue weighted by atomic mass is 10.3. The number of nitrogens with one attached hydrogen (secondary N) is 1. The lowest BCUT2D eigenvalue weighted by molar-refractivity contribution is 0.0593. The fourth-order valence-electron chi connectivity index (χ4n) is 1.49. The Bertz CT molecular complexity index is 634. The fraction of sp³-hybridized carbons (Fsp3) is 0.154. The van der Waals surface area contributed by atoms with Crippen LogP contribution >= 0.6 is 0 Å². The van der Waals surface area contributed by atoms with Crippen LogP contribution in [0.5, 0.6) is 5.75 Å². The number of carbonyl (C=O) groups is 1. The molecule has 6 nitrogen and oxygen atoms in total. The molecule has 1 aromatic heterocycles. The van der Waals surface area contributed by atoms with Crippen LogP contribution in [0.15, 0.2) is 30.6 Å². The van der Waals surface area contributed by atoms with E-state index in [1.54, 1.807) is 0 Å². The highest BCUT2D eigenvalue weighted by atomic mass is 19.1. The molecule has 0 bridgehead atoms. The molecular weight excluding hydrogens is 265 g/mol. The third-order valence-electron chi connectivity index (χ3n) is 2.47. The highest BCUT2D eigenvalue weighted by molar-refractivity contribution is 5.87. The predicted octanol–water partition coefficient (Wildman–Crippen LogP) is 2.15. The van der Waals surface area contributed by atoms with Gasteiger partial charge in [-0.3, -0.25) is 4.98 Å². The van der Waals surface area contributed by atoms with E-state index in [0.29, 0.717) is 5.75 Å². The van der Waals surface area contributed by atoms with Gasteiger partial charge < -0.3 is 14.8 Å². The Morgan fingerprint density at radius 1 is 1.30 bits per heavy atom. The molecule has 1 N–H and O–H groups in total. The van der Waals surface area contributed by atoms with E-state index in [9.17, 15) is 9.18 Å². The summed E-state index contributed by atoms with van der Waals surface area (Å²) in [4.78, 5) is 19.2. The first-order chi connectivity index (χ1) is 9.63. The summed E-state index contributed by atoms with van der Waals surface area (Å²) in [6.07, 6.45) is 2.63. The van der Waals surface area contributed by atoms with Gasteiger partial charge in [0.2, 0.25) is 0 Å². The van der Waals surface area contributed by atoms with Crippen molar-refractivity contribution in [2.75, 3.05) is 19.5 Å². The smallest absolute Gasteiger partial charge is 0.358 e. The third-order valence-corrected chi connectivity index (χ3v) is 2.47. The average Bonchev–Trinajstić information content (AvgIpc) is 2.49. The van der Waals surface area contributed by atoms with Crippen LogP contribution in [0, 0.1) is 5.82 Å². The quantitative estimate of drug-likeness (QED) is 0.863. The van der Waals surface area contributed by atoms with Crippen LogP contribution in [-0.2, 0) is 4.74 Å². The lowest BCUT2D eigenvalue weighted by Crippen LogP contribution is -2.07. The van der Waals surface area contributed by atoms with Gasteiger partial charge in [0.1, 0.15) is 17.4 Å². The number of carbonyl (C=O) groups excluding carboxylic acids is 1. The van der Waals surface area contributed by atoms with Crippen LogP contribution in [0.25, 0.3) is 0 Å². The van der Waals surface area contributed by atoms with E-state index in [1.165, 1.54) is 44.8 Å². The van der Waals surface area contributed by atoms with Gasteiger partial charge in [0, 0.05) is 6.07 Å². The van der Waals surface area contributed by atoms with Gasteiger partial charge in [-0.05, 0) is 12.1 Å². The average molecular weight is 277 g/mol. The second kappa shape index (κ2) is 5.96. The Labute approximate surface area is 114 Å². The summed E-state index contributed by atoms with van der Waals surface area (Å²) in [6, 6.07) is 4.23. The summed E-state index contributed by atoms with van der Waals surface area (Å²) in [5.41, 5.74) is 0.196. The van der Waals surface area contributed by atoms with Gasteiger partial charge in [-0.1, -0.05) is 0 Å². The number of methoxy groups -OCH3 is 2. The van der Waals surface area contributed by atoms with Crippen molar-refractivity contribution < 1.29 is 18.7 Å². The van der Waals surface area contributed by atoms with Crippen molar-refractivity contribution in [2.24, 2.45) is 0 Å². The summed E-state index contributed by atoms with van der Waals surface area (Å²) >= 11 is 0. The molecule has 0 radical (unpaired) electrons. The first kappa shape index (κ1) is 13.7. The predicted molar refractivity (Wildman–Crippen MR) is 69.6 cm³/mol. The number of esters is 1. The molecule has 2 rings (SSSR count). The molecular formula is C13H12FN3O3. The largest absolute Gasteiger partial charge is 0.497 e. The van der Waals surface area contributed by atoms with Crippen LogP contribution in [0.3, 0.4) is 0 Å². The Morgan fingerprint density at radius 3 is 2.80 bits per heavy atom. The SMILES string of the molecule is COC(=O)c1cncc(Nc2cc(OC)ccc2F)n1. The minimum absolute atomic E-state index is 0.0285. The molecule has 0 fully saturated rings. The maximum absolute atomic E-state index is 13.7. The topological polar surface area (TPSA) is 73.3 Å². The van der Waals surface area contributed by atoms with Gasteiger partial charge in [0.05, 0.1) is 32.3 Å². The number of hydrogen-bond donors (Lipinski definition) is 1. The van der Waals surface area contributed by atoms with Crippen molar-refractivity contribution in [2.45, 2.75) is 0 Å². The van der Waals surface area contributed by atoms with E-state index >= 15 is 0 Å². The number of benzene rings is 1. The molecule has 0 aliphatic rings. The minimum atomic E-state index is -0.618. The van der Waals surface area contributed by atoms with E-state index < -0.39 is 11.8 Å². The highest BCUT2D eigenvalue weighted by Gasteiger charge is 2.10. The normalized spacial score (nSPS) is 9.95. The zero-order valence-corrected chi connectivity index (χ0v) is 10.9. The van der Waals surface area contributed by atoms with Gasteiger partial charge in [-0.2, -0.15) is 0 Å². The summed E-state index contributed by atoms with van der Waals surface area (Å²) < 4.78 is 23.2.